The van der Waals surface area contributed by atoms with Crippen LogP contribution in [0.25, 0.3) is 11.1 Å². The van der Waals surface area contributed by atoms with Crippen molar-refractivity contribution >= 4 is 0 Å². The van der Waals surface area contributed by atoms with Crippen molar-refractivity contribution in [3.05, 3.63) is 54.1 Å². The molecule has 2 aromatic carbocycles. The fourth-order valence-electron chi connectivity index (χ4n) is 2.67. The molecular formula is C17H18O3. The standard InChI is InChI=1S/C17H18O3/c1-18-17(19-2)11-16-14-9-4-3-7-12(14)13-8-5-6-10-15(13)20-16/h3-10,16-17H,11H2,1-2H3/t16-/m1/s1. The molecule has 3 heteroatoms. The molecule has 0 saturated carbocycles. The first-order valence-corrected chi connectivity index (χ1v) is 6.74. The lowest BCUT2D eigenvalue weighted by Crippen LogP contribution is -2.22. The lowest BCUT2D eigenvalue weighted by atomic mass is 9.91. The van der Waals surface area contributed by atoms with Crippen molar-refractivity contribution < 1.29 is 14.2 Å². The SMILES string of the molecule is COC(C[C@H]1Oc2ccccc2-c2ccccc21)OC. The molecule has 0 aliphatic carbocycles. The van der Waals surface area contributed by atoms with Crippen molar-refractivity contribution in [1.82, 2.24) is 0 Å². The maximum Gasteiger partial charge on any atom is 0.160 e. The molecule has 1 aliphatic rings. The molecule has 1 atom stereocenters. The molecular weight excluding hydrogens is 252 g/mol. The van der Waals surface area contributed by atoms with E-state index in [1.54, 1.807) is 14.2 Å². The van der Waals surface area contributed by atoms with Gasteiger partial charge in [0, 0.05) is 31.8 Å². The van der Waals surface area contributed by atoms with Crippen molar-refractivity contribution in [2.24, 2.45) is 0 Å². The second-order valence-electron chi connectivity index (χ2n) is 4.83. The molecule has 3 rings (SSSR count). The summed E-state index contributed by atoms with van der Waals surface area (Å²) in [6.45, 7) is 0. The summed E-state index contributed by atoms with van der Waals surface area (Å²) in [5.41, 5.74) is 3.56. The van der Waals surface area contributed by atoms with Crippen molar-refractivity contribution in [3.8, 4) is 16.9 Å². The van der Waals surface area contributed by atoms with Gasteiger partial charge in [0.25, 0.3) is 0 Å². The summed E-state index contributed by atoms with van der Waals surface area (Å²) in [6, 6.07) is 16.5. The van der Waals surface area contributed by atoms with Gasteiger partial charge in [-0.3, -0.25) is 0 Å². The van der Waals surface area contributed by atoms with Gasteiger partial charge in [-0.2, -0.15) is 0 Å². The number of benzene rings is 2. The number of para-hydroxylation sites is 1. The van der Waals surface area contributed by atoms with Crippen LogP contribution in [0.1, 0.15) is 18.1 Å². The van der Waals surface area contributed by atoms with Crippen LogP contribution in [0.15, 0.2) is 48.5 Å². The topological polar surface area (TPSA) is 27.7 Å². The molecule has 0 aromatic heterocycles. The van der Waals surface area contributed by atoms with E-state index >= 15 is 0 Å². The molecule has 104 valence electrons. The molecule has 0 saturated heterocycles. The van der Waals surface area contributed by atoms with Crippen molar-refractivity contribution in [2.75, 3.05) is 14.2 Å². The van der Waals surface area contributed by atoms with E-state index < -0.39 is 0 Å². The third-order valence-electron chi connectivity index (χ3n) is 3.69. The second kappa shape index (κ2) is 5.65. The summed E-state index contributed by atoms with van der Waals surface area (Å²) in [7, 11) is 3.30. The van der Waals surface area contributed by atoms with Gasteiger partial charge in [-0.25, -0.2) is 0 Å². The average Bonchev–Trinajstić information content (AvgIpc) is 2.52. The highest BCUT2D eigenvalue weighted by atomic mass is 16.7. The Balaban J connectivity index is 2.00. The molecule has 0 spiro atoms. The Kier molecular flexibility index (Phi) is 3.72. The van der Waals surface area contributed by atoms with Gasteiger partial charge in [0.2, 0.25) is 0 Å². The molecule has 0 amide bonds. The van der Waals surface area contributed by atoms with Crippen LogP contribution in [0, 0.1) is 0 Å². The van der Waals surface area contributed by atoms with Gasteiger partial charge in [0.15, 0.2) is 6.29 Å². The van der Waals surface area contributed by atoms with E-state index in [0.717, 1.165) is 11.3 Å². The van der Waals surface area contributed by atoms with Crippen LogP contribution in [0.4, 0.5) is 0 Å². The summed E-state index contributed by atoms with van der Waals surface area (Å²) in [6.07, 6.45) is 0.350. The molecule has 1 aliphatic heterocycles. The first-order valence-electron chi connectivity index (χ1n) is 6.74. The minimum Gasteiger partial charge on any atom is -0.485 e. The van der Waals surface area contributed by atoms with Crippen molar-refractivity contribution in [2.45, 2.75) is 18.8 Å². The maximum absolute atomic E-state index is 6.13. The van der Waals surface area contributed by atoms with Crippen LogP contribution in [0.2, 0.25) is 0 Å². The number of rotatable bonds is 4. The second-order valence-corrected chi connectivity index (χ2v) is 4.83. The van der Waals surface area contributed by atoms with E-state index in [4.69, 9.17) is 14.2 Å². The molecule has 20 heavy (non-hydrogen) atoms. The third-order valence-corrected chi connectivity index (χ3v) is 3.69. The normalized spacial score (nSPS) is 16.4. The summed E-state index contributed by atoms with van der Waals surface area (Å²) >= 11 is 0. The van der Waals surface area contributed by atoms with Crippen LogP contribution >= 0.6 is 0 Å². The first kappa shape index (κ1) is 13.2. The fourth-order valence-corrected chi connectivity index (χ4v) is 2.67. The van der Waals surface area contributed by atoms with E-state index in [2.05, 4.69) is 24.3 Å². The average molecular weight is 270 g/mol. The summed E-state index contributed by atoms with van der Waals surface area (Å²) in [5.74, 6) is 0.919. The van der Waals surface area contributed by atoms with E-state index in [-0.39, 0.29) is 12.4 Å². The summed E-state index contributed by atoms with van der Waals surface area (Å²) < 4.78 is 16.7. The molecule has 3 nitrogen and oxygen atoms in total. The van der Waals surface area contributed by atoms with Crippen LogP contribution < -0.4 is 4.74 Å². The summed E-state index contributed by atoms with van der Waals surface area (Å²) in [4.78, 5) is 0. The van der Waals surface area contributed by atoms with Gasteiger partial charge < -0.3 is 14.2 Å². The van der Waals surface area contributed by atoms with Crippen molar-refractivity contribution in [1.29, 1.82) is 0 Å². The smallest absolute Gasteiger partial charge is 0.160 e. The predicted octanol–water partition coefficient (Wildman–Crippen LogP) is 3.80. The highest BCUT2D eigenvalue weighted by Crippen LogP contribution is 2.43. The number of fused-ring (bicyclic) bond motifs is 3. The fraction of sp³-hybridized carbons (Fsp3) is 0.294. The molecule has 0 radical (unpaired) electrons. The van der Waals surface area contributed by atoms with E-state index in [1.165, 1.54) is 11.1 Å². The van der Waals surface area contributed by atoms with E-state index in [1.807, 2.05) is 24.3 Å². The lowest BCUT2D eigenvalue weighted by Gasteiger charge is -2.30. The van der Waals surface area contributed by atoms with Crippen molar-refractivity contribution in [3.63, 3.8) is 0 Å². The lowest BCUT2D eigenvalue weighted by molar-refractivity contribution is -0.120. The van der Waals surface area contributed by atoms with Gasteiger partial charge in [-0.1, -0.05) is 42.5 Å². The molecule has 0 bridgehead atoms. The zero-order valence-corrected chi connectivity index (χ0v) is 11.7. The number of hydrogen-bond donors (Lipinski definition) is 0. The zero-order valence-electron chi connectivity index (χ0n) is 11.7. The summed E-state index contributed by atoms with van der Waals surface area (Å²) in [5, 5.41) is 0. The van der Waals surface area contributed by atoms with Crippen LogP contribution in [-0.4, -0.2) is 20.5 Å². The Morgan fingerprint density at radius 1 is 0.950 bits per heavy atom. The van der Waals surface area contributed by atoms with Gasteiger partial charge in [0.05, 0.1) is 0 Å². The molecule has 0 N–H and O–H groups in total. The Bertz CT molecular complexity index is 590. The Morgan fingerprint density at radius 3 is 2.35 bits per heavy atom. The Labute approximate surface area is 119 Å². The Morgan fingerprint density at radius 2 is 1.60 bits per heavy atom. The highest BCUT2D eigenvalue weighted by molar-refractivity contribution is 5.75. The van der Waals surface area contributed by atoms with Crippen LogP contribution in [0.5, 0.6) is 5.75 Å². The number of methoxy groups -OCH3 is 2. The number of hydrogen-bond acceptors (Lipinski definition) is 3. The maximum atomic E-state index is 6.13. The quantitative estimate of drug-likeness (QED) is 0.791. The van der Waals surface area contributed by atoms with Gasteiger partial charge in [0.1, 0.15) is 11.9 Å². The predicted molar refractivity (Wildman–Crippen MR) is 77.7 cm³/mol. The molecule has 1 heterocycles. The Hall–Kier alpha value is -1.84. The number of ether oxygens (including phenoxy) is 3. The van der Waals surface area contributed by atoms with Crippen LogP contribution in [0.3, 0.4) is 0 Å². The molecule has 2 aromatic rings. The monoisotopic (exact) mass is 270 g/mol. The third kappa shape index (κ3) is 2.30. The minimum absolute atomic E-state index is 0.0500. The van der Waals surface area contributed by atoms with Gasteiger partial charge in [-0.15, -0.1) is 0 Å². The van der Waals surface area contributed by atoms with Gasteiger partial charge in [-0.05, 0) is 11.6 Å². The zero-order chi connectivity index (χ0) is 13.9. The highest BCUT2D eigenvalue weighted by Gasteiger charge is 2.27. The van der Waals surface area contributed by atoms with Crippen LogP contribution in [-0.2, 0) is 9.47 Å². The minimum atomic E-state index is -0.265. The molecule has 0 unspecified atom stereocenters. The van der Waals surface area contributed by atoms with E-state index in [9.17, 15) is 0 Å². The first-order chi connectivity index (χ1) is 9.83. The molecule has 0 fully saturated rings. The van der Waals surface area contributed by atoms with Gasteiger partial charge >= 0.3 is 0 Å². The van der Waals surface area contributed by atoms with E-state index in [0.29, 0.717) is 6.42 Å². The largest absolute Gasteiger partial charge is 0.485 e.